The summed E-state index contributed by atoms with van der Waals surface area (Å²) in [4.78, 5) is 22.1. The molecule has 202 valence electrons. The van der Waals surface area contributed by atoms with Crippen molar-refractivity contribution in [2.45, 2.75) is 63.1 Å². The van der Waals surface area contributed by atoms with Gasteiger partial charge in [-0.25, -0.2) is 8.78 Å². The summed E-state index contributed by atoms with van der Waals surface area (Å²) in [5.74, 6) is 0. The molecule has 1 fully saturated rings. The number of para-hydroxylation sites is 1. The largest absolute Gasteiger partial charge is 0.375 e. The van der Waals surface area contributed by atoms with E-state index in [-0.39, 0.29) is 18.2 Å². The van der Waals surface area contributed by atoms with E-state index in [2.05, 4.69) is 28.1 Å². The normalized spacial score (nSPS) is 24.4. The van der Waals surface area contributed by atoms with Crippen molar-refractivity contribution in [3.8, 4) is 0 Å². The van der Waals surface area contributed by atoms with Gasteiger partial charge in [-0.1, -0.05) is 18.2 Å². The first-order chi connectivity index (χ1) is 18.0. The maximum absolute atomic E-state index is 13.7. The summed E-state index contributed by atoms with van der Waals surface area (Å²) in [7, 11) is 1.95. The van der Waals surface area contributed by atoms with Crippen molar-refractivity contribution in [1.29, 1.82) is 0 Å². The first-order valence-electron chi connectivity index (χ1n) is 12.8. The SMILES string of the molecule is C=N/C=C(\C=NCCC1(CCNC)CCCO1)C1c2[nH]c3ccccc3c2C[C@@H](C)N1CC(F)F.C=O. The summed E-state index contributed by atoms with van der Waals surface area (Å²) in [5.41, 5.74) is 3.76. The highest BCUT2D eigenvalue weighted by Crippen LogP contribution is 2.41. The number of carbonyl (C=O) groups excluding carboxylic acids is 1. The Morgan fingerprint density at radius 3 is 2.81 bits per heavy atom. The number of H-pyrrole nitrogens is 1. The van der Waals surface area contributed by atoms with Crippen molar-refractivity contribution < 1.29 is 18.3 Å². The lowest BCUT2D eigenvalue weighted by atomic mass is 9.89. The van der Waals surface area contributed by atoms with Crippen LogP contribution in [0.3, 0.4) is 0 Å². The third kappa shape index (κ3) is 6.77. The van der Waals surface area contributed by atoms with Crippen LogP contribution >= 0.6 is 0 Å². The summed E-state index contributed by atoms with van der Waals surface area (Å²) in [6.45, 7) is 9.65. The molecule has 1 saturated heterocycles. The highest BCUT2D eigenvalue weighted by Gasteiger charge is 2.38. The molecule has 0 radical (unpaired) electrons. The molecule has 9 heteroatoms. The minimum absolute atomic E-state index is 0.0565. The maximum atomic E-state index is 13.7. The summed E-state index contributed by atoms with van der Waals surface area (Å²) in [6.07, 6.45) is 5.63. The Morgan fingerprint density at radius 2 is 2.14 bits per heavy atom. The Bertz CT molecular complexity index is 1080. The summed E-state index contributed by atoms with van der Waals surface area (Å²) in [6, 6.07) is 7.66. The number of benzene rings is 1. The van der Waals surface area contributed by atoms with E-state index in [0.29, 0.717) is 13.0 Å². The topological polar surface area (TPSA) is 82.1 Å². The van der Waals surface area contributed by atoms with Gasteiger partial charge in [0.2, 0.25) is 0 Å². The highest BCUT2D eigenvalue weighted by molar-refractivity contribution is 5.87. The lowest BCUT2D eigenvalue weighted by Crippen LogP contribution is -2.45. The number of aliphatic imine (C=N–C) groups is 2. The minimum Gasteiger partial charge on any atom is -0.375 e. The molecule has 2 aromatic rings. The number of fused-ring (bicyclic) bond motifs is 3. The van der Waals surface area contributed by atoms with Crippen LogP contribution in [0, 0.1) is 0 Å². The molecule has 1 aromatic heterocycles. The molecule has 37 heavy (non-hydrogen) atoms. The molecule has 0 amide bonds. The van der Waals surface area contributed by atoms with Crippen LogP contribution in [-0.4, -0.2) is 81.0 Å². The minimum atomic E-state index is -2.44. The van der Waals surface area contributed by atoms with Crippen LogP contribution in [0.1, 0.15) is 49.9 Å². The molecule has 7 nitrogen and oxygen atoms in total. The van der Waals surface area contributed by atoms with Crippen molar-refractivity contribution in [2.75, 3.05) is 33.3 Å². The zero-order valence-electron chi connectivity index (χ0n) is 21.9. The van der Waals surface area contributed by atoms with Gasteiger partial charge in [0.1, 0.15) is 6.79 Å². The molecule has 2 aliphatic rings. The van der Waals surface area contributed by atoms with Crippen molar-refractivity contribution in [3.63, 3.8) is 0 Å². The average molecular weight is 516 g/mol. The maximum Gasteiger partial charge on any atom is 0.251 e. The second-order valence-corrected chi connectivity index (χ2v) is 9.69. The van der Waals surface area contributed by atoms with Gasteiger partial charge >= 0.3 is 0 Å². The molecular weight excluding hydrogens is 476 g/mol. The molecule has 2 unspecified atom stereocenters. The van der Waals surface area contributed by atoms with E-state index in [9.17, 15) is 8.78 Å². The van der Waals surface area contributed by atoms with Crippen LogP contribution in [0.4, 0.5) is 8.78 Å². The summed E-state index contributed by atoms with van der Waals surface area (Å²) >= 11 is 0. The third-order valence-electron chi connectivity index (χ3n) is 7.37. The first kappa shape index (κ1) is 28.8. The Hall–Kier alpha value is -2.75. The number of carbonyl (C=O) groups is 1. The number of alkyl halides is 2. The van der Waals surface area contributed by atoms with Gasteiger partial charge < -0.3 is 19.8 Å². The lowest BCUT2D eigenvalue weighted by molar-refractivity contribution is -0.0980. The smallest absolute Gasteiger partial charge is 0.251 e. The number of aromatic amines is 1. The van der Waals surface area contributed by atoms with Crippen molar-refractivity contribution in [3.05, 3.63) is 47.3 Å². The van der Waals surface area contributed by atoms with Crippen LogP contribution in [-0.2, 0) is 16.0 Å². The van der Waals surface area contributed by atoms with Crippen LogP contribution in [0.15, 0.2) is 46.0 Å². The van der Waals surface area contributed by atoms with E-state index >= 15 is 0 Å². The Morgan fingerprint density at radius 1 is 1.35 bits per heavy atom. The van der Waals surface area contributed by atoms with Crippen LogP contribution < -0.4 is 5.32 Å². The van der Waals surface area contributed by atoms with E-state index < -0.39 is 12.5 Å². The zero-order chi connectivity index (χ0) is 26.8. The van der Waals surface area contributed by atoms with Crippen molar-refractivity contribution in [2.24, 2.45) is 9.98 Å². The number of nitrogens with one attached hydrogen (secondary N) is 2. The van der Waals surface area contributed by atoms with E-state index in [4.69, 9.17) is 14.5 Å². The Labute approximate surface area is 218 Å². The molecule has 2 N–H and O–H groups in total. The molecule has 0 saturated carbocycles. The third-order valence-corrected chi connectivity index (χ3v) is 7.37. The fraction of sp³-hybridized carbons (Fsp3) is 0.536. The fourth-order valence-corrected chi connectivity index (χ4v) is 5.66. The van der Waals surface area contributed by atoms with E-state index in [1.165, 1.54) is 5.56 Å². The standard InChI is InChI=1S/C27H37F2N5O.CH2O/c1-19-15-22-21-7-4-5-8-23(21)33-25(22)26(34(19)18-24(28)29)20(16-31-3)17-32-13-11-27(10-12-30-2)9-6-14-35-27;1-2/h4-5,7-8,16-17,19,24,26,30,33H,3,6,9-15,18H2,1-2H3;1H2/b20-16+,32-17?;/t19-,26?,27?;/m1./s1. The second-order valence-electron chi connectivity index (χ2n) is 9.69. The predicted octanol–water partition coefficient (Wildman–Crippen LogP) is 4.74. The summed E-state index contributed by atoms with van der Waals surface area (Å²) < 4.78 is 33.4. The van der Waals surface area contributed by atoms with Crippen molar-refractivity contribution >= 4 is 30.6 Å². The van der Waals surface area contributed by atoms with Gasteiger partial charge in [0.15, 0.2) is 0 Å². The van der Waals surface area contributed by atoms with Crippen LogP contribution in [0.25, 0.3) is 10.9 Å². The molecule has 0 aliphatic carbocycles. The number of ether oxygens (including phenoxy) is 1. The Balaban J connectivity index is 0.00000186. The molecule has 2 aliphatic heterocycles. The van der Waals surface area contributed by atoms with Gasteiger partial charge in [-0.3, -0.25) is 14.9 Å². The lowest BCUT2D eigenvalue weighted by Gasteiger charge is -2.40. The highest BCUT2D eigenvalue weighted by atomic mass is 19.3. The first-order valence-corrected chi connectivity index (χ1v) is 12.8. The van der Waals surface area contributed by atoms with Gasteiger partial charge in [0.05, 0.1) is 18.2 Å². The zero-order valence-corrected chi connectivity index (χ0v) is 21.9. The molecular formula is C28H39F2N5O2. The molecule has 4 rings (SSSR count). The number of halogens is 2. The number of aromatic nitrogens is 1. The molecule has 0 spiro atoms. The van der Waals surface area contributed by atoms with Gasteiger partial charge in [0, 0.05) is 53.8 Å². The fourth-order valence-electron chi connectivity index (χ4n) is 5.66. The van der Waals surface area contributed by atoms with E-state index in [1.54, 1.807) is 12.4 Å². The molecule has 1 aromatic carbocycles. The van der Waals surface area contributed by atoms with Gasteiger partial charge in [-0.05, 0) is 71.0 Å². The quantitative estimate of drug-likeness (QED) is 0.424. The van der Waals surface area contributed by atoms with Gasteiger partial charge in [-0.2, -0.15) is 0 Å². The number of hydrogen-bond donors (Lipinski definition) is 2. The Kier molecular flexibility index (Phi) is 10.7. The van der Waals surface area contributed by atoms with Crippen molar-refractivity contribution in [1.82, 2.24) is 15.2 Å². The van der Waals surface area contributed by atoms with E-state index in [0.717, 1.165) is 61.0 Å². The molecule has 0 bridgehead atoms. The van der Waals surface area contributed by atoms with Gasteiger partial charge in [-0.15, -0.1) is 0 Å². The summed E-state index contributed by atoms with van der Waals surface area (Å²) in [5, 5.41) is 4.36. The van der Waals surface area contributed by atoms with Gasteiger partial charge in [0.25, 0.3) is 6.43 Å². The number of nitrogens with zero attached hydrogens (tertiary/aromatic N) is 3. The van der Waals surface area contributed by atoms with Crippen LogP contribution in [0.5, 0.6) is 0 Å². The van der Waals surface area contributed by atoms with Crippen LogP contribution in [0.2, 0.25) is 0 Å². The predicted molar refractivity (Wildman–Crippen MR) is 146 cm³/mol. The monoisotopic (exact) mass is 515 g/mol. The van der Waals surface area contributed by atoms with E-state index in [1.807, 2.05) is 43.9 Å². The molecule has 3 atom stereocenters. The number of rotatable bonds is 11. The molecule has 3 heterocycles. The number of hydrogen-bond acceptors (Lipinski definition) is 6. The second kappa shape index (κ2) is 13.7. The average Bonchev–Trinajstić information content (AvgIpc) is 3.51.